The summed E-state index contributed by atoms with van der Waals surface area (Å²) in [5, 5.41) is 2.56. The maximum Gasteiger partial charge on any atom is 0.251 e. The lowest BCUT2D eigenvalue weighted by atomic mass is 9.99. The van der Waals surface area contributed by atoms with Gasteiger partial charge in [-0.2, -0.15) is 0 Å². The number of amides is 3. The molecule has 0 saturated carbocycles. The van der Waals surface area contributed by atoms with Crippen molar-refractivity contribution in [2.75, 3.05) is 13.6 Å². The average molecular weight is 329 g/mol. The maximum absolute atomic E-state index is 12.4. The summed E-state index contributed by atoms with van der Waals surface area (Å²) < 4.78 is 0. The van der Waals surface area contributed by atoms with E-state index in [1.807, 2.05) is 0 Å². The Kier molecular flexibility index (Phi) is 6.12. The number of carbonyl (C=O) groups excluding carboxylic acids is 3. The molecule has 1 aliphatic rings. The van der Waals surface area contributed by atoms with E-state index in [9.17, 15) is 14.4 Å². The number of benzene rings is 1. The Bertz CT molecular complexity index is 637. The zero-order valence-electron chi connectivity index (χ0n) is 13.8. The van der Waals surface area contributed by atoms with Gasteiger partial charge in [0.1, 0.15) is 0 Å². The molecular formula is C18H23N3O3. The highest BCUT2D eigenvalue weighted by molar-refractivity contribution is 5.95. The van der Waals surface area contributed by atoms with Crippen LogP contribution in [0.1, 0.15) is 41.6 Å². The van der Waals surface area contributed by atoms with Crippen LogP contribution in [0.4, 0.5) is 0 Å². The number of nitrogens with two attached hydrogens (primary N) is 1. The third-order valence-electron chi connectivity index (χ3n) is 4.17. The molecule has 1 saturated heterocycles. The molecule has 6 nitrogen and oxygen atoms in total. The Morgan fingerprint density at radius 2 is 1.96 bits per heavy atom. The van der Waals surface area contributed by atoms with Crippen molar-refractivity contribution in [3.8, 4) is 0 Å². The van der Waals surface area contributed by atoms with Gasteiger partial charge in [-0.25, -0.2) is 0 Å². The Balaban J connectivity index is 2.02. The highest BCUT2D eigenvalue weighted by Gasteiger charge is 2.26. The van der Waals surface area contributed by atoms with Crippen molar-refractivity contribution < 1.29 is 14.4 Å². The Morgan fingerprint density at radius 3 is 2.58 bits per heavy atom. The van der Waals surface area contributed by atoms with Crippen molar-refractivity contribution in [3.05, 3.63) is 41.5 Å². The number of hydrogen-bond donors (Lipinski definition) is 2. The minimum Gasteiger partial charge on any atom is -0.370 e. The molecule has 3 N–H and O–H groups in total. The van der Waals surface area contributed by atoms with E-state index < -0.39 is 0 Å². The second-order valence-corrected chi connectivity index (χ2v) is 5.89. The predicted octanol–water partition coefficient (Wildman–Crippen LogP) is 1.32. The Labute approximate surface area is 141 Å². The number of nitrogens with one attached hydrogen (secondary N) is 1. The molecule has 1 aromatic carbocycles. The molecule has 3 amide bonds. The number of nitrogens with zero attached hydrogens (tertiary/aromatic N) is 1. The molecule has 24 heavy (non-hydrogen) atoms. The predicted molar refractivity (Wildman–Crippen MR) is 92.0 cm³/mol. The van der Waals surface area contributed by atoms with Crippen LogP contribution in [0.2, 0.25) is 0 Å². The second-order valence-electron chi connectivity index (χ2n) is 5.89. The van der Waals surface area contributed by atoms with Crippen LogP contribution in [0.5, 0.6) is 0 Å². The van der Waals surface area contributed by atoms with Gasteiger partial charge < -0.3 is 16.0 Å². The second kappa shape index (κ2) is 8.29. The van der Waals surface area contributed by atoms with E-state index in [0.29, 0.717) is 12.1 Å². The van der Waals surface area contributed by atoms with Crippen molar-refractivity contribution >= 4 is 23.8 Å². The molecule has 0 aromatic heterocycles. The van der Waals surface area contributed by atoms with Crippen LogP contribution >= 0.6 is 0 Å². The van der Waals surface area contributed by atoms with Gasteiger partial charge in [0.15, 0.2) is 0 Å². The molecule has 1 fully saturated rings. The van der Waals surface area contributed by atoms with Crippen LogP contribution < -0.4 is 11.1 Å². The van der Waals surface area contributed by atoms with Crippen molar-refractivity contribution in [2.24, 2.45) is 5.73 Å². The molecule has 6 heteroatoms. The maximum atomic E-state index is 12.4. The largest absolute Gasteiger partial charge is 0.370 e. The van der Waals surface area contributed by atoms with Gasteiger partial charge in [0.2, 0.25) is 11.8 Å². The number of rotatable bonds is 5. The van der Waals surface area contributed by atoms with E-state index in [4.69, 9.17) is 5.73 Å². The lowest BCUT2D eigenvalue weighted by Crippen LogP contribution is -2.44. The SMILES string of the molecule is CNC(=O)c1ccc(/C=C/C(=O)N2CCCCC2CC(N)=O)cc1. The fourth-order valence-electron chi connectivity index (χ4n) is 2.89. The highest BCUT2D eigenvalue weighted by atomic mass is 16.2. The van der Waals surface area contributed by atoms with Gasteiger partial charge in [0.05, 0.1) is 0 Å². The van der Waals surface area contributed by atoms with E-state index in [1.165, 1.54) is 6.08 Å². The molecule has 0 bridgehead atoms. The van der Waals surface area contributed by atoms with Crippen LogP contribution in [0.25, 0.3) is 6.08 Å². The normalized spacial score (nSPS) is 17.7. The molecule has 0 aliphatic carbocycles. The van der Waals surface area contributed by atoms with Crippen molar-refractivity contribution in [3.63, 3.8) is 0 Å². The smallest absolute Gasteiger partial charge is 0.251 e. The summed E-state index contributed by atoms with van der Waals surface area (Å²) in [6, 6.07) is 6.88. The molecular weight excluding hydrogens is 306 g/mol. The molecule has 1 aliphatic heterocycles. The van der Waals surface area contributed by atoms with Gasteiger partial charge in [-0.1, -0.05) is 12.1 Å². The summed E-state index contributed by atoms with van der Waals surface area (Å²) >= 11 is 0. The summed E-state index contributed by atoms with van der Waals surface area (Å²) in [5.41, 5.74) is 6.67. The first-order chi connectivity index (χ1) is 11.5. The standard InChI is InChI=1S/C18H23N3O3/c1-20-18(24)14-8-5-13(6-9-14)7-10-17(23)21-11-3-2-4-15(21)12-16(19)22/h5-10,15H,2-4,11-12H2,1H3,(H2,19,22)(H,20,24)/b10-7+. The van der Waals surface area contributed by atoms with Crippen LogP contribution in [0.3, 0.4) is 0 Å². The first kappa shape index (κ1) is 17.7. The highest BCUT2D eigenvalue weighted by Crippen LogP contribution is 2.20. The van der Waals surface area contributed by atoms with Crippen molar-refractivity contribution in [1.29, 1.82) is 0 Å². The molecule has 1 heterocycles. The molecule has 1 aromatic rings. The van der Waals surface area contributed by atoms with E-state index >= 15 is 0 Å². The molecule has 1 unspecified atom stereocenters. The van der Waals surface area contributed by atoms with Gasteiger partial charge in [-0.15, -0.1) is 0 Å². The fourth-order valence-corrected chi connectivity index (χ4v) is 2.89. The van der Waals surface area contributed by atoms with Gasteiger partial charge in [-0.3, -0.25) is 14.4 Å². The lowest BCUT2D eigenvalue weighted by molar-refractivity contribution is -0.130. The summed E-state index contributed by atoms with van der Waals surface area (Å²) in [7, 11) is 1.58. The van der Waals surface area contributed by atoms with E-state index in [0.717, 1.165) is 24.8 Å². The summed E-state index contributed by atoms with van der Waals surface area (Å²) in [5.74, 6) is -0.644. The van der Waals surface area contributed by atoms with Crippen LogP contribution in [0.15, 0.2) is 30.3 Å². The third-order valence-corrected chi connectivity index (χ3v) is 4.17. The monoisotopic (exact) mass is 329 g/mol. The minimum atomic E-state index is -0.381. The minimum absolute atomic E-state index is 0.107. The van der Waals surface area contributed by atoms with Gasteiger partial charge in [0.25, 0.3) is 5.91 Å². The molecule has 2 rings (SSSR count). The zero-order valence-corrected chi connectivity index (χ0v) is 13.8. The molecule has 0 radical (unpaired) electrons. The number of hydrogen-bond acceptors (Lipinski definition) is 3. The summed E-state index contributed by atoms with van der Waals surface area (Å²) in [6.45, 7) is 0.650. The van der Waals surface area contributed by atoms with Crippen LogP contribution in [-0.2, 0) is 9.59 Å². The van der Waals surface area contributed by atoms with Crippen LogP contribution in [-0.4, -0.2) is 42.3 Å². The number of likely N-dealkylation sites (tertiary alicyclic amines) is 1. The first-order valence-electron chi connectivity index (χ1n) is 8.10. The Morgan fingerprint density at radius 1 is 1.25 bits per heavy atom. The van der Waals surface area contributed by atoms with E-state index in [-0.39, 0.29) is 30.2 Å². The Hall–Kier alpha value is -2.63. The van der Waals surface area contributed by atoms with E-state index in [2.05, 4.69) is 5.32 Å². The fraction of sp³-hybridized carbons (Fsp3) is 0.389. The molecule has 128 valence electrons. The van der Waals surface area contributed by atoms with Gasteiger partial charge >= 0.3 is 0 Å². The first-order valence-corrected chi connectivity index (χ1v) is 8.10. The quantitative estimate of drug-likeness (QED) is 0.798. The lowest BCUT2D eigenvalue weighted by Gasteiger charge is -2.34. The van der Waals surface area contributed by atoms with E-state index in [1.54, 1.807) is 42.3 Å². The van der Waals surface area contributed by atoms with Crippen LogP contribution in [0, 0.1) is 0 Å². The topological polar surface area (TPSA) is 92.5 Å². The molecule has 0 spiro atoms. The number of carbonyl (C=O) groups is 3. The zero-order chi connectivity index (χ0) is 17.5. The number of piperidine rings is 1. The average Bonchev–Trinajstić information content (AvgIpc) is 2.59. The van der Waals surface area contributed by atoms with Crippen molar-refractivity contribution in [1.82, 2.24) is 10.2 Å². The van der Waals surface area contributed by atoms with Crippen molar-refractivity contribution in [2.45, 2.75) is 31.7 Å². The van der Waals surface area contributed by atoms with Gasteiger partial charge in [-0.05, 0) is 43.0 Å². The third kappa shape index (κ3) is 4.68. The molecule has 1 atom stereocenters. The summed E-state index contributed by atoms with van der Waals surface area (Å²) in [6.07, 6.45) is 6.19. The number of primary amides is 1. The van der Waals surface area contributed by atoms with Gasteiger partial charge in [0, 0.05) is 37.7 Å². The summed E-state index contributed by atoms with van der Waals surface area (Å²) in [4.78, 5) is 36.8.